The molecule has 0 aromatic heterocycles. The van der Waals surface area contributed by atoms with Crippen LogP contribution in [-0.2, 0) is 14.8 Å². The first kappa shape index (κ1) is 20.3. The molecule has 0 saturated heterocycles. The zero-order chi connectivity index (χ0) is 19.7. The van der Waals surface area contributed by atoms with E-state index in [4.69, 9.17) is 9.47 Å². The predicted molar refractivity (Wildman–Crippen MR) is 102 cm³/mol. The summed E-state index contributed by atoms with van der Waals surface area (Å²) in [4.78, 5) is 11.1. The van der Waals surface area contributed by atoms with Gasteiger partial charge >= 0.3 is 0 Å². The van der Waals surface area contributed by atoms with E-state index in [0.717, 1.165) is 0 Å². The summed E-state index contributed by atoms with van der Waals surface area (Å²) >= 11 is 0. The van der Waals surface area contributed by atoms with Gasteiger partial charge in [-0.3, -0.25) is 4.79 Å². The van der Waals surface area contributed by atoms with Gasteiger partial charge < -0.3 is 14.8 Å². The summed E-state index contributed by atoms with van der Waals surface area (Å²) in [5.74, 6) is 6.37. The number of hydrogen-bond acceptors (Lipinski definition) is 5. The van der Waals surface area contributed by atoms with E-state index in [1.165, 1.54) is 31.2 Å². The zero-order valence-corrected chi connectivity index (χ0v) is 15.8. The molecule has 27 heavy (non-hydrogen) atoms. The highest BCUT2D eigenvalue weighted by Gasteiger charge is 2.12. The Morgan fingerprint density at radius 2 is 1.70 bits per heavy atom. The minimum Gasteiger partial charge on any atom is -0.493 e. The van der Waals surface area contributed by atoms with Crippen molar-refractivity contribution in [1.82, 2.24) is 4.72 Å². The number of benzene rings is 2. The van der Waals surface area contributed by atoms with Crippen LogP contribution in [-0.4, -0.2) is 34.6 Å². The van der Waals surface area contributed by atoms with Gasteiger partial charge in [0, 0.05) is 12.6 Å². The molecule has 0 unspecified atom stereocenters. The maximum absolute atomic E-state index is 12.2. The Bertz CT molecular complexity index is 944. The monoisotopic (exact) mass is 388 g/mol. The lowest BCUT2D eigenvalue weighted by Gasteiger charge is -2.07. The lowest BCUT2D eigenvalue weighted by atomic mass is 10.3. The molecule has 0 atom stereocenters. The third kappa shape index (κ3) is 6.33. The van der Waals surface area contributed by atoms with Crippen LogP contribution in [0.5, 0.6) is 11.5 Å². The fourth-order valence-corrected chi connectivity index (χ4v) is 3.02. The van der Waals surface area contributed by atoms with Crippen LogP contribution in [0, 0.1) is 11.8 Å². The van der Waals surface area contributed by atoms with Crippen molar-refractivity contribution in [3.05, 3.63) is 48.5 Å². The Hall–Kier alpha value is -3.02. The van der Waals surface area contributed by atoms with E-state index < -0.39 is 10.0 Å². The molecule has 0 bridgehead atoms. The SMILES string of the molecule is COc1ccccc1OCC#CCNS(=O)(=O)c1ccc(NC(C)=O)cc1. The number of para-hydroxylation sites is 2. The molecule has 2 aromatic rings. The van der Waals surface area contributed by atoms with E-state index in [2.05, 4.69) is 21.9 Å². The van der Waals surface area contributed by atoms with Gasteiger partial charge in [-0.25, -0.2) is 8.42 Å². The number of sulfonamides is 1. The van der Waals surface area contributed by atoms with Crippen molar-refractivity contribution in [1.29, 1.82) is 0 Å². The predicted octanol–water partition coefficient (Wildman–Crippen LogP) is 2.01. The number of anilines is 1. The number of rotatable bonds is 7. The second-order valence-electron chi connectivity index (χ2n) is 5.32. The van der Waals surface area contributed by atoms with Gasteiger partial charge in [-0.1, -0.05) is 24.0 Å². The van der Waals surface area contributed by atoms with Gasteiger partial charge in [0.15, 0.2) is 11.5 Å². The molecule has 2 N–H and O–H groups in total. The van der Waals surface area contributed by atoms with Crippen LogP contribution in [0.1, 0.15) is 6.92 Å². The minimum absolute atomic E-state index is 0.0505. The first-order valence-electron chi connectivity index (χ1n) is 8.01. The Labute approximate surface area is 158 Å². The van der Waals surface area contributed by atoms with Crippen molar-refractivity contribution in [2.24, 2.45) is 0 Å². The van der Waals surface area contributed by atoms with E-state index in [-0.39, 0.29) is 24.0 Å². The highest BCUT2D eigenvalue weighted by atomic mass is 32.2. The van der Waals surface area contributed by atoms with Crippen LogP contribution in [0.3, 0.4) is 0 Å². The second-order valence-corrected chi connectivity index (χ2v) is 7.09. The number of hydrogen-bond donors (Lipinski definition) is 2. The molecule has 0 saturated carbocycles. The van der Waals surface area contributed by atoms with Crippen molar-refractivity contribution in [3.8, 4) is 23.3 Å². The third-order valence-corrected chi connectivity index (χ3v) is 4.75. The molecule has 0 aliphatic carbocycles. The molecule has 1 amide bonds. The minimum atomic E-state index is -3.68. The summed E-state index contributed by atoms with van der Waals surface area (Å²) < 4.78 is 37.4. The quantitative estimate of drug-likeness (QED) is 0.708. The zero-order valence-electron chi connectivity index (χ0n) is 15.0. The molecule has 0 spiro atoms. The maximum atomic E-state index is 12.2. The van der Waals surface area contributed by atoms with Gasteiger partial charge in [0.1, 0.15) is 6.61 Å². The lowest BCUT2D eigenvalue weighted by Crippen LogP contribution is -2.24. The van der Waals surface area contributed by atoms with Crippen LogP contribution < -0.4 is 19.5 Å². The summed E-state index contributed by atoms with van der Waals surface area (Å²) in [6, 6.07) is 13.0. The Kier molecular flexibility index (Phi) is 7.23. The number of methoxy groups -OCH3 is 1. The molecule has 8 heteroatoms. The smallest absolute Gasteiger partial charge is 0.241 e. The van der Waals surface area contributed by atoms with Crippen molar-refractivity contribution in [2.75, 3.05) is 25.6 Å². The molecular formula is C19H20N2O5S. The lowest BCUT2D eigenvalue weighted by molar-refractivity contribution is -0.114. The molecule has 0 heterocycles. The van der Waals surface area contributed by atoms with Gasteiger partial charge in [0.05, 0.1) is 18.6 Å². The van der Waals surface area contributed by atoms with Crippen molar-refractivity contribution in [2.45, 2.75) is 11.8 Å². The van der Waals surface area contributed by atoms with Crippen LogP contribution in [0.15, 0.2) is 53.4 Å². The average molecular weight is 388 g/mol. The van der Waals surface area contributed by atoms with Gasteiger partial charge in [0.25, 0.3) is 0 Å². The van der Waals surface area contributed by atoms with Crippen molar-refractivity contribution in [3.63, 3.8) is 0 Å². The molecule has 2 rings (SSSR count). The van der Waals surface area contributed by atoms with Crippen LogP contribution in [0.4, 0.5) is 5.69 Å². The van der Waals surface area contributed by atoms with Crippen molar-refractivity contribution < 1.29 is 22.7 Å². The van der Waals surface area contributed by atoms with Crippen LogP contribution in [0.25, 0.3) is 0 Å². The largest absolute Gasteiger partial charge is 0.493 e. The average Bonchev–Trinajstić information content (AvgIpc) is 2.64. The highest BCUT2D eigenvalue weighted by Crippen LogP contribution is 2.25. The molecule has 0 radical (unpaired) electrons. The molecule has 0 aliphatic rings. The Balaban J connectivity index is 1.85. The molecule has 7 nitrogen and oxygen atoms in total. The molecule has 142 valence electrons. The summed E-state index contributed by atoms with van der Waals surface area (Å²) in [6.45, 7) is 1.43. The first-order chi connectivity index (χ1) is 12.9. The fraction of sp³-hybridized carbons (Fsp3) is 0.211. The second kappa shape index (κ2) is 9.62. The van der Waals surface area contributed by atoms with Crippen molar-refractivity contribution >= 4 is 21.6 Å². The maximum Gasteiger partial charge on any atom is 0.241 e. The molecule has 0 aliphatic heterocycles. The van der Waals surface area contributed by atoms with Gasteiger partial charge in [-0.05, 0) is 36.4 Å². The van der Waals surface area contributed by atoms with Gasteiger partial charge in [-0.2, -0.15) is 4.72 Å². The number of carbonyl (C=O) groups is 1. The number of amides is 1. The topological polar surface area (TPSA) is 93.7 Å². The number of ether oxygens (including phenoxy) is 2. The third-order valence-electron chi connectivity index (χ3n) is 3.33. The molecule has 0 fully saturated rings. The van der Waals surface area contributed by atoms with Gasteiger partial charge in [-0.15, -0.1) is 0 Å². The summed E-state index contributed by atoms with van der Waals surface area (Å²) in [7, 11) is -2.13. The standard InChI is InChI=1S/C19H20N2O5S/c1-15(22)21-16-9-11-17(12-10-16)27(23,24)20-13-5-6-14-26-19-8-4-3-7-18(19)25-2/h3-4,7-12,20H,13-14H2,1-2H3,(H,21,22). The fourth-order valence-electron chi connectivity index (χ4n) is 2.10. The number of carbonyl (C=O) groups excluding carboxylic acids is 1. The van der Waals surface area contributed by atoms with E-state index in [0.29, 0.717) is 17.2 Å². The molecule has 2 aromatic carbocycles. The van der Waals surface area contributed by atoms with E-state index in [1.54, 1.807) is 19.2 Å². The Morgan fingerprint density at radius 3 is 2.33 bits per heavy atom. The van der Waals surface area contributed by atoms with E-state index in [9.17, 15) is 13.2 Å². The van der Waals surface area contributed by atoms with E-state index in [1.807, 2.05) is 12.1 Å². The summed E-state index contributed by atoms with van der Waals surface area (Å²) in [6.07, 6.45) is 0. The van der Waals surface area contributed by atoms with Crippen LogP contribution >= 0.6 is 0 Å². The highest BCUT2D eigenvalue weighted by molar-refractivity contribution is 7.89. The summed E-state index contributed by atoms with van der Waals surface area (Å²) in [5, 5.41) is 2.57. The number of nitrogens with one attached hydrogen (secondary N) is 2. The van der Waals surface area contributed by atoms with E-state index >= 15 is 0 Å². The normalized spacial score (nSPS) is 10.4. The van der Waals surface area contributed by atoms with Crippen LogP contribution in [0.2, 0.25) is 0 Å². The summed E-state index contributed by atoms with van der Waals surface area (Å²) in [5.41, 5.74) is 0.523. The Morgan fingerprint density at radius 1 is 1.04 bits per heavy atom. The van der Waals surface area contributed by atoms with Gasteiger partial charge in [0.2, 0.25) is 15.9 Å². The molecular weight excluding hydrogens is 368 g/mol. The first-order valence-corrected chi connectivity index (χ1v) is 9.49.